The summed E-state index contributed by atoms with van der Waals surface area (Å²) in [7, 11) is 3.79. The van der Waals surface area contributed by atoms with Crippen molar-refractivity contribution in [2.45, 2.75) is 49.7 Å². The third-order valence-electron chi connectivity index (χ3n) is 5.67. The molecule has 0 saturated heterocycles. The van der Waals surface area contributed by atoms with Gasteiger partial charge in [-0.3, -0.25) is 14.5 Å². The maximum absolute atomic E-state index is 12.5. The van der Waals surface area contributed by atoms with E-state index in [0.717, 1.165) is 19.3 Å². The van der Waals surface area contributed by atoms with Crippen molar-refractivity contribution >= 4 is 23.4 Å². The number of halogens is 1. The Morgan fingerprint density at radius 3 is 2.19 bits per heavy atom. The van der Waals surface area contributed by atoms with E-state index >= 15 is 0 Å². The van der Waals surface area contributed by atoms with Gasteiger partial charge < -0.3 is 15.4 Å². The zero-order valence-electron chi connectivity index (χ0n) is 15.7. The second kappa shape index (κ2) is 6.43. The van der Waals surface area contributed by atoms with Crippen molar-refractivity contribution in [1.29, 1.82) is 0 Å². The van der Waals surface area contributed by atoms with Gasteiger partial charge in [-0.2, -0.15) is 0 Å². The van der Waals surface area contributed by atoms with E-state index in [9.17, 15) is 9.59 Å². The predicted octanol–water partition coefficient (Wildman–Crippen LogP) is 1.97. The first-order valence-electron chi connectivity index (χ1n) is 8.75. The molecule has 6 nitrogen and oxygen atoms in total. The van der Waals surface area contributed by atoms with Gasteiger partial charge in [-0.25, -0.2) is 0 Å². The fourth-order valence-electron chi connectivity index (χ4n) is 3.66. The molecule has 4 rings (SSSR count). The lowest BCUT2D eigenvalue weighted by Gasteiger charge is -2.70. The van der Waals surface area contributed by atoms with Crippen LogP contribution in [0, 0.1) is 0 Å². The lowest BCUT2D eigenvalue weighted by atomic mass is 9.44. The van der Waals surface area contributed by atoms with Crippen LogP contribution in [0.2, 0.25) is 5.02 Å². The second-order valence-electron chi connectivity index (χ2n) is 8.29. The van der Waals surface area contributed by atoms with Crippen LogP contribution in [-0.4, -0.2) is 54.0 Å². The van der Waals surface area contributed by atoms with Crippen molar-refractivity contribution in [2.75, 3.05) is 20.7 Å². The van der Waals surface area contributed by atoms with Gasteiger partial charge in [-0.05, 0) is 71.5 Å². The van der Waals surface area contributed by atoms with Crippen LogP contribution in [-0.2, 0) is 9.59 Å². The number of hydrogen-bond acceptors (Lipinski definition) is 4. The van der Waals surface area contributed by atoms with Gasteiger partial charge in [-0.1, -0.05) is 11.6 Å². The molecule has 0 aromatic heterocycles. The molecule has 2 amide bonds. The van der Waals surface area contributed by atoms with Gasteiger partial charge in [0.05, 0.1) is 5.54 Å². The third-order valence-corrected chi connectivity index (χ3v) is 5.92. The highest BCUT2D eigenvalue weighted by molar-refractivity contribution is 6.30. The highest BCUT2D eigenvalue weighted by Gasteiger charge is 2.69. The van der Waals surface area contributed by atoms with E-state index < -0.39 is 5.54 Å². The number of carbonyl (C=O) groups is 2. The minimum atomic E-state index is -0.557. The Morgan fingerprint density at radius 2 is 1.65 bits per heavy atom. The molecule has 0 atom stereocenters. The Balaban J connectivity index is 1.43. The van der Waals surface area contributed by atoms with Gasteiger partial charge in [0, 0.05) is 16.1 Å². The van der Waals surface area contributed by atoms with Crippen LogP contribution in [0.15, 0.2) is 24.3 Å². The first kappa shape index (κ1) is 19.0. The first-order valence-corrected chi connectivity index (χ1v) is 9.13. The number of ether oxygens (including phenoxy) is 1. The Labute approximate surface area is 159 Å². The van der Waals surface area contributed by atoms with Gasteiger partial charge in [0.2, 0.25) is 5.91 Å². The molecule has 1 aromatic carbocycles. The van der Waals surface area contributed by atoms with Crippen molar-refractivity contribution in [3.8, 4) is 5.75 Å². The van der Waals surface area contributed by atoms with Crippen LogP contribution < -0.4 is 15.4 Å². The van der Waals surface area contributed by atoms with E-state index in [2.05, 4.69) is 10.6 Å². The number of likely N-dealkylation sites (N-methyl/N-ethyl adjacent to an activating group) is 1. The zero-order chi connectivity index (χ0) is 19.2. The van der Waals surface area contributed by atoms with E-state index in [-0.39, 0.29) is 29.5 Å². The number of nitrogens with zero attached hydrogens (tertiary/aromatic N) is 1. The molecule has 7 heteroatoms. The van der Waals surface area contributed by atoms with Gasteiger partial charge >= 0.3 is 0 Å². The van der Waals surface area contributed by atoms with Gasteiger partial charge in [0.15, 0.2) is 6.61 Å². The smallest absolute Gasteiger partial charge is 0.258 e. The lowest BCUT2D eigenvalue weighted by Crippen LogP contribution is -2.84. The zero-order valence-corrected chi connectivity index (χ0v) is 16.4. The molecule has 0 radical (unpaired) electrons. The molecular formula is C19H26ClN3O3. The topological polar surface area (TPSA) is 70.7 Å². The summed E-state index contributed by atoms with van der Waals surface area (Å²) in [6.45, 7) is 3.77. The third kappa shape index (κ3) is 3.53. The number of carbonyl (C=O) groups excluding carboxylic acids is 2. The maximum atomic E-state index is 12.5. The normalized spacial score (nSPS) is 26.5. The molecule has 2 bridgehead atoms. The number of hydrogen-bond donors (Lipinski definition) is 2. The molecule has 3 fully saturated rings. The maximum Gasteiger partial charge on any atom is 0.258 e. The van der Waals surface area contributed by atoms with Crippen molar-refractivity contribution in [1.82, 2.24) is 15.5 Å². The van der Waals surface area contributed by atoms with Gasteiger partial charge in [0.25, 0.3) is 5.91 Å². The van der Waals surface area contributed by atoms with Crippen LogP contribution in [0.25, 0.3) is 0 Å². The van der Waals surface area contributed by atoms with Crippen LogP contribution >= 0.6 is 11.6 Å². The molecule has 3 saturated carbocycles. The number of rotatable bonds is 7. The molecule has 1 aromatic rings. The van der Waals surface area contributed by atoms with Crippen LogP contribution in [0.1, 0.15) is 33.1 Å². The summed E-state index contributed by atoms with van der Waals surface area (Å²) in [6.07, 6.45) is 2.34. The summed E-state index contributed by atoms with van der Waals surface area (Å²) in [6, 6.07) is 6.90. The molecule has 142 valence electrons. The quantitative estimate of drug-likeness (QED) is 0.759. The van der Waals surface area contributed by atoms with Crippen molar-refractivity contribution in [2.24, 2.45) is 0 Å². The predicted molar refractivity (Wildman–Crippen MR) is 100 cm³/mol. The van der Waals surface area contributed by atoms with E-state index in [1.807, 2.05) is 32.8 Å². The summed E-state index contributed by atoms with van der Waals surface area (Å²) < 4.78 is 5.47. The molecule has 0 heterocycles. The fourth-order valence-corrected chi connectivity index (χ4v) is 3.79. The molecule has 0 spiro atoms. The average molecular weight is 380 g/mol. The van der Waals surface area contributed by atoms with E-state index in [1.165, 1.54) is 0 Å². The molecule has 3 aliphatic rings. The van der Waals surface area contributed by atoms with Crippen molar-refractivity contribution in [3.63, 3.8) is 0 Å². The molecular weight excluding hydrogens is 354 g/mol. The Kier molecular flexibility index (Phi) is 4.69. The standard InChI is InChI=1S/C19H26ClN3O3/c1-17(2,23(3)4)16(25)22-19-10-18(11-19,12-19)21-15(24)9-26-14-7-5-13(20)6-8-14/h5-8H,9-12H2,1-4H3,(H,21,24)(H,22,25). The molecule has 26 heavy (non-hydrogen) atoms. The fraction of sp³-hybridized carbons (Fsp3) is 0.579. The Morgan fingerprint density at radius 1 is 1.12 bits per heavy atom. The second-order valence-corrected chi connectivity index (χ2v) is 8.73. The van der Waals surface area contributed by atoms with Gasteiger partial charge in [-0.15, -0.1) is 0 Å². The minimum absolute atomic E-state index is 0.0215. The SMILES string of the molecule is CN(C)C(C)(C)C(=O)NC12CC(NC(=O)COc3ccc(Cl)cc3)(C1)C2. The molecule has 3 aliphatic carbocycles. The van der Waals surface area contributed by atoms with E-state index in [1.54, 1.807) is 24.3 Å². The Hall–Kier alpha value is -1.79. The highest BCUT2D eigenvalue weighted by Crippen LogP contribution is 2.60. The summed E-state index contributed by atoms with van der Waals surface area (Å²) in [5.41, 5.74) is -0.900. The largest absolute Gasteiger partial charge is 0.484 e. The van der Waals surface area contributed by atoms with Crippen LogP contribution in [0.5, 0.6) is 5.75 Å². The number of benzene rings is 1. The summed E-state index contributed by atoms with van der Waals surface area (Å²) in [5, 5.41) is 6.84. The van der Waals surface area contributed by atoms with Crippen molar-refractivity contribution in [3.05, 3.63) is 29.3 Å². The summed E-state index contributed by atoms with van der Waals surface area (Å²) >= 11 is 5.82. The van der Waals surface area contributed by atoms with Crippen LogP contribution in [0.3, 0.4) is 0 Å². The van der Waals surface area contributed by atoms with Crippen LogP contribution in [0.4, 0.5) is 0 Å². The summed E-state index contributed by atoms with van der Waals surface area (Å²) in [4.78, 5) is 26.5. The van der Waals surface area contributed by atoms with Gasteiger partial charge in [0.1, 0.15) is 5.75 Å². The molecule has 0 unspecified atom stereocenters. The summed E-state index contributed by atoms with van der Waals surface area (Å²) in [5.74, 6) is 0.484. The van der Waals surface area contributed by atoms with E-state index in [4.69, 9.17) is 16.3 Å². The number of amides is 2. The highest BCUT2D eigenvalue weighted by atomic mass is 35.5. The van der Waals surface area contributed by atoms with E-state index in [0.29, 0.717) is 10.8 Å². The van der Waals surface area contributed by atoms with Crippen molar-refractivity contribution < 1.29 is 14.3 Å². The first-order chi connectivity index (χ1) is 12.1. The molecule has 2 N–H and O–H groups in total. The lowest BCUT2D eigenvalue weighted by molar-refractivity contribution is -0.155. The monoisotopic (exact) mass is 379 g/mol. The number of nitrogens with one attached hydrogen (secondary N) is 2. The molecule has 0 aliphatic heterocycles. The minimum Gasteiger partial charge on any atom is -0.484 e. The Bertz CT molecular complexity index is 695. The average Bonchev–Trinajstić information content (AvgIpc) is 2.50.